The Bertz CT molecular complexity index is 417. The maximum Gasteiger partial charge on any atom is 0.214 e. The summed E-state index contributed by atoms with van der Waals surface area (Å²) >= 11 is 0. The van der Waals surface area contributed by atoms with Crippen LogP contribution in [0.1, 0.15) is 5.56 Å². The van der Waals surface area contributed by atoms with E-state index in [0.29, 0.717) is 0 Å². The summed E-state index contributed by atoms with van der Waals surface area (Å²) in [5.41, 5.74) is 5.53. The highest BCUT2D eigenvalue weighted by molar-refractivity contribution is 7.71. The van der Waals surface area contributed by atoms with Gasteiger partial charge < -0.3 is 5.73 Å². The summed E-state index contributed by atoms with van der Waals surface area (Å²) in [6.07, 6.45) is 0. The largest absolute Gasteiger partial charge is 0.399 e. The molecule has 1 aromatic rings. The van der Waals surface area contributed by atoms with Crippen LogP contribution in [0.3, 0.4) is 0 Å². The van der Waals surface area contributed by atoms with Gasteiger partial charge in [-0.2, -0.15) is 8.42 Å². The van der Waals surface area contributed by atoms with Crippen molar-refractivity contribution < 1.29 is 12.8 Å². The normalized spacial score (nSPS) is 9.42. The predicted molar refractivity (Wildman–Crippen MR) is 44.9 cm³/mol. The second kappa shape index (κ2) is 3.36. The van der Waals surface area contributed by atoms with Gasteiger partial charge in [0.25, 0.3) is 0 Å². The highest BCUT2D eigenvalue weighted by atomic mass is 32.2. The van der Waals surface area contributed by atoms with Gasteiger partial charge in [-0.25, -0.2) is 4.39 Å². The summed E-state index contributed by atoms with van der Waals surface area (Å²) < 4.78 is 33.1. The minimum absolute atomic E-state index is 0.0116. The molecule has 0 spiro atoms. The molecule has 3 nitrogen and oxygen atoms in total. The third-order valence-electron chi connectivity index (χ3n) is 1.25. The van der Waals surface area contributed by atoms with Crippen LogP contribution in [0.5, 0.6) is 0 Å². The van der Waals surface area contributed by atoms with Gasteiger partial charge in [0.15, 0.2) is 0 Å². The quantitative estimate of drug-likeness (QED) is 0.512. The van der Waals surface area contributed by atoms with E-state index in [1.54, 1.807) is 0 Å². The van der Waals surface area contributed by atoms with E-state index in [9.17, 15) is 12.8 Å². The molecule has 0 radical (unpaired) electrons. The number of nitrogens with two attached hydrogens (primary N) is 1. The number of halogens is 1. The molecular weight excluding hydrogens is 181 g/mol. The molecule has 2 N–H and O–H groups in total. The van der Waals surface area contributed by atoms with E-state index in [1.165, 1.54) is 12.1 Å². The van der Waals surface area contributed by atoms with Crippen molar-refractivity contribution in [2.45, 2.75) is 0 Å². The Hall–Kier alpha value is -1.36. The summed E-state index contributed by atoms with van der Waals surface area (Å²) in [4.78, 5) is 0. The average molecular weight is 187 g/mol. The fourth-order valence-corrected chi connectivity index (χ4v) is 1.14. The lowest BCUT2D eigenvalue weighted by molar-refractivity contribution is 0.623. The second-order valence-electron chi connectivity index (χ2n) is 2.16. The zero-order chi connectivity index (χ0) is 9.14. The number of hydrogen-bond acceptors (Lipinski definition) is 3. The van der Waals surface area contributed by atoms with E-state index >= 15 is 0 Å². The first kappa shape index (κ1) is 8.73. The maximum absolute atomic E-state index is 12.8. The molecule has 0 amide bonds. The van der Waals surface area contributed by atoms with Gasteiger partial charge in [0.05, 0.1) is 5.37 Å². The molecular formula is C7H6FNO2S. The molecule has 0 aromatic heterocycles. The first-order valence-electron chi connectivity index (χ1n) is 3.07. The third kappa shape index (κ3) is 2.06. The lowest BCUT2D eigenvalue weighted by Gasteiger charge is -1.95. The highest BCUT2D eigenvalue weighted by Crippen LogP contribution is 2.09. The molecule has 1 aromatic carbocycles. The smallest absolute Gasteiger partial charge is 0.214 e. The predicted octanol–water partition coefficient (Wildman–Crippen LogP) is 0.437. The molecule has 0 saturated carbocycles. The first-order valence-corrected chi connectivity index (χ1v) is 4.21. The fraction of sp³-hybridized carbons (Fsp3) is 0. The zero-order valence-corrected chi connectivity index (χ0v) is 6.81. The van der Waals surface area contributed by atoms with Crippen molar-refractivity contribution >= 4 is 21.3 Å². The molecule has 0 saturated heterocycles. The molecule has 0 fully saturated rings. The van der Waals surface area contributed by atoms with Gasteiger partial charge in [-0.1, -0.05) is 0 Å². The van der Waals surface area contributed by atoms with Gasteiger partial charge in [-0.05, 0) is 18.2 Å². The molecule has 0 unspecified atom stereocenters. The monoisotopic (exact) mass is 187 g/mol. The Balaban J connectivity index is 3.28. The molecule has 0 bridgehead atoms. The summed E-state index contributed by atoms with van der Waals surface area (Å²) in [7, 11) is -2.39. The summed E-state index contributed by atoms with van der Waals surface area (Å²) in [6, 6.07) is 3.81. The van der Waals surface area contributed by atoms with Crippen molar-refractivity contribution in [1.29, 1.82) is 0 Å². The first-order chi connectivity index (χ1) is 5.59. The van der Waals surface area contributed by atoms with Crippen LogP contribution in [0.2, 0.25) is 0 Å². The minimum Gasteiger partial charge on any atom is -0.399 e. The van der Waals surface area contributed by atoms with Crippen molar-refractivity contribution in [3.05, 3.63) is 29.6 Å². The van der Waals surface area contributed by atoms with E-state index in [-0.39, 0.29) is 11.3 Å². The molecule has 5 heteroatoms. The number of nitrogen functional groups attached to an aromatic ring is 1. The Morgan fingerprint density at radius 1 is 1.42 bits per heavy atom. The van der Waals surface area contributed by atoms with Crippen molar-refractivity contribution in [2.24, 2.45) is 0 Å². The second-order valence-corrected chi connectivity index (χ2v) is 2.92. The average Bonchev–Trinajstić information content (AvgIpc) is 1.94. The Labute approximate surface area is 70.2 Å². The Morgan fingerprint density at radius 3 is 2.58 bits per heavy atom. The molecule has 64 valence electrons. The highest BCUT2D eigenvalue weighted by Gasteiger charge is 1.98. The standard InChI is InChI=1S/C7H6FNO2S/c8-7-3-6(9)2-1-5(7)4-12(10)11/h1-4H,9H2. The third-order valence-corrected chi connectivity index (χ3v) is 1.69. The van der Waals surface area contributed by atoms with E-state index in [2.05, 4.69) is 0 Å². The van der Waals surface area contributed by atoms with E-state index < -0.39 is 16.1 Å². The van der Waals surface area contributed by atoms with Crippen LogP contribution in [0.15, 0.2) is 18.2 Å². The van der Waals surface area contributed by atoms with Gasteiger partial charge in [-0.15, -0.1) is 0 Å². The van der Waals surface area contributed by atoms with Crippen molar-refractivity contribution in [2.75, 3.05) is 5.73 Å². The summed E-state index contributed by atoms with van der Waals surface area (Å²) in [5, 5.41) is 0.786. The van der Waals surface area contributed by atoms with Crippen LogP contribution >= 0.6 is 0 Å². The van der Waals surface area contributed by atoms with Gasteiger partial charge in [0, 0.05) is 11.3 Å². The lowest BCUT2D eigenvalue weighted by Crippen LogP contribution is -1.92. The Morgan fingerprint density at radius 2 is 2.08 bits per heavy atom. The molecule has 0 atom stereocenters. The van der Waals surface area contributed by atoms with Gasteiger partial charge in [0.1, 0.15) is 5.82 Å². The van der Waals surface area contributed by atoms with Gasteiger partial charge in [0.2, 0.25) is 10.3 Å². The van der Waals surface area contributed by atoms with E-state index in [0.717, 1.165) is 11.4 Å². The summed E-state index contributed by atoms with van der Waals surface area (Å²) in [6.45, 7) is 0. The lowest BCUT2D eigenvalue weighted by atomic mass is 10.2. The van der Waals surface area contributed by atoms with Crippen LogP contribution in [-0.4, -0.2) is 13.8 Å². The maximum atomic E-state index is 12.8. The fourth-order valence-electron chi connectivity index (χ4n) is 0.743. The molecule has 0 aliphatic heterocycles. The molecule has 1 rings (SSSR count). The SMILES string of the molecule is Nc1ccc(C=S(=O)=O)c(F)c1. The summed E-state index contributed by atoms with van der Waals surface area (Å²) in [5.74, 6) is -0.640. The van der Waals surface area contributed by atoms with Gasteiger partial charge in [-0.3, -0.25) is 0 Å². The number of anilines is 1. The van der Waals surface area contributed by atoms with Crippen molar-refractivity contribution in [3.8, 4) is 0 Å². The van der Waals surface area contributed by atoms with Crippen molar-refractivity contribution in [1.82, 2.24) is 0 Å². The number of benzene rings is 1. The van der Waals surface area contributed by atoms with Crippen LogP contribution in [0.4, 0.5) is 10.1 Å². The molecule has 0 heterocycles. The molecule has 12 heavy (non-hydrogen) atoms. The van der Waals surface area contributed by atoms with Crippen molar-refractivity contribution in [3.63, 3.8) is 0 Å². The minimum atomic E-state index is -2.39. The van der Waals surface area contributed by atoms with Crippen LogP contribution < -0.4 is 5.73 Å². The number of hydrogen-bond donors (Lipinski definition) is 1. The topological polar surface area (TPSA) is 60.2 Å². The Kier molecular flexibility index (Phi) is 2.44. The van der Waals surface area contributed by atoms with E-state index in [4.69, 9.17) is 5.73 Å². The molecule has 0 aliphatic carbocycles. The van der Waals surface area contributed by atoms with Crippen LogP contribution in [-0.2, 0) is 10.3 Å². The molecule has 0 aliphatic rings. The van der Waals surface area contributed by atoms with E-state index in [1.807, 2.05) is 0 Å². The van der Waals surface area contributed by atoms with Gasteiger partial charge >= 0.3 is 0 Å². The van der Waals surface area contributed by atoms with Crippen LogP contribution in [0, 0.1) is 5.82 Å². The van der Waals surface area contributed by atoms with Crippen LogP contribution in [0.25, 0.3) is 0 Å². The number of rotatable bonds is 1. The zero-order valence-electron chi connectivity index (χ0n) is 5.99.